The zero-order chi connectivity index (χ0) is 27.8. The Hall–Kier alpha value is -2.33. The SMILES string of the molecule is CCCCCC=CC1=C(c2cccc(CC)c2)[N+](=[N-])C(c2cccc(CC)c2)=C1CCCC.C[O][Ni][O]C. The van der Waals surface area contributed by atoms with Crippen LogP contribution in [0.25, 0.3) is 16.9 Å². The predicted molar refractivity (Wildman–Crippen MR) is 156 cm³/mol. The van der Waals surface area contributed by atoms with E-state index in [0.717, 1.165) is 76.1 Å². The van der Waals surface area contributed by atoms with Crippen molar-refractivity contribution in [3.8, 4) is 0 Å². The van der Waals surface area contributed by atoms with Gasteiger partial charge in [0.1, 0.15) is 0 Å². The van der Waals surface area contributed by atoms with E-state index in [1.807, 2.05) is 0 Å². The summed E-state index contributed by atoms with van der Waals surface area (Å²) in [5.74, 6) is 0. The number of hydrogen-bond acceptors (Lipinski definition) is 2. The third-order valence-electron chi connectivity index (χ3n) is 6.65. The van der Waals surface area contributed by atoms with E-state index in [1.165, 1.54) is 46.2 Å². The Morgan fingerprint density at radius 1 is 0.789 bits per heavy atom. The van der Waals surface area contributed by atoms with Crippen LogP contribution in [0.2, 0.25) is 0 Å². The van der Waals surface area contributed by atoms with Gasteiger partial charge in [-0.25, -0.2) is 4.70 Å². The van der Waals surface area contributed by atoms with Gasteiger partial charge in [0.2, 0.25) is 11.4 Å². The number of rotatable bonds is 14. The molecule has 3 rings (SSSR count). The zero-order valence-corrected chi connectivity index (χ0v) is 25.2. The number of benzene rings is 2. The van der Waals surface area contributed by atoms with Crippen LogP contribution in [0, 0.1) is 0 Å². The van der Waals surface area contributed by atoms with Gasteiger partial charge < -0.3 is 5.53 Å². The molecule has 0 atom stereocenters. The van der Waals surface area contributed by atoms with E-state index in [-0.39, 0.29) is 0 Å². The molecule has 5 heteroatoms. The second-order valence-electron chi connectivity index (χ2n) is 9.32. The second-order valence-corrected chi connectivity index (χ2v) is 10.3. The van der Waals surface area contributed by atoms with Crippen LogP contribution < -0.4 is 0 Å². The maximum atomic E-state index is 11.6. The molecule has 0 fully saturated rings. The first-order valence-electron chi connectivity index (χ1n) is 14.0. The molecule has 1 heterocycles. The third kappa shape index (κ3) is 9.15. The molecule has 2 aromatic rings. The third-order valence-corrected chi connectivity index (χ3v) is 6.98. The molecule has 0 N–H and O–H groups in total. The summed E-state index contributed by atoms with van der Waals surface area (Å²) in [5.41, 5.74) is 20.7. The molecule has 0 bridgehead atoms. The van der Waals surface area contributed by atoms with Crippen molar-refractivity contribution in [2.24, 2.45) is 0 Å². The van der Waals surface area contributed by atoms with Gasteiger partial charge in [-0.05, 0) is 73.9 Å². The fraction of sp³-hybridized carbons (Fsp3) is 0.455. The summed E-state index contributed by atoms with van der Waals surface area (Å²) >= 11 is 0.819. The molecule has 0 aromatic heterocycles. The maximum absolute atomic E-state index is 11.6. The van der Waals surface area contributed by atoms with Gasteiger partial charge in [-0.15, -0.1) is 0 Å². The first-order chi connectivity index (χ1) is 18.6. The summed E-state index contributed by atoms with van der Waals surface area (Å²) in [6, 6.07) is 17.3. The Bertz CT molecular complexity index is 1120. The van der Waals surface area contributed by atoms with Gasteiger partial charge in [0.25, 0.3) is 0 Å². The van der Waals surface area contributed by atoms with Crippen LogP contribution in [0.1, 0.15) is 94.9 Å². The molecule has 0 saturated heterocycles. The summed E-state index contributed by atoms with van der Waals surface area (Å²) in [7, 11) is 3.12. The molecule has 0 aliphatic carbocycles. The number of unbranched alkanes of at least 4 members (excludes halogenated alkanes) is 4. The van der Waals surface area contributed by atoms with Crippen molar-refractivity contribution in [1.29, 1.82) is 0 Å². The molecule has 0 unspecified atom stereocenters. The first kappa shape index (κ1) is 31.9. The summed E-state index contributed by atoms with van der Waals surface area (Å²) in [6.07, 6.45) is 14.5. The molecular formula is C33H46N2NiO2. The first-order valence-corrected chi connectivity index (χ1v) is 14.8. The monoisotopic (exact) mass is 560 g/mol. The van der Waals surface area contributed by atoms with E-state index in [2.05, 4.69) is 96.1 Å². The average molecular weight is 561 g/mol. The fourth-order valence-electron chi connectivity index (χ4n) is 4.63. The Morgan fingerprint density at radius 2 is 1.37 bits per heavy atom. The molecule has 210 valence electrons. The molecule has 2 aromatic carbocycles. The van der Waals surface area contributed by atoms with Crippen LogP contribution in [-0.4, -0.2) is 18.9 Å². The van der Waals surface area contributed by atoms with Crippen LogP contribution in [0.3, 0.4) is 0 Å². The number of aryl methyl sites for hydroxylation is 2. The van der Waals surface area contributed by atoms with Crippen molar-refractivity contribution in [2.75, 3.05) is 14.2 Å². The predicted octanol–water partition coefficient (Wildman–Crippen LogP) is 9.50. The molecule has 4 nitrogen and oxygen atoms in total. The number of hydrogen-bond donors (Lipinski definition) is 0. The van der Waals surface area contributed by atoms with Crippen LogP contribution in [0.5, 0.6) is 0 Å². The molecule has 1 aliphatic heterocycles. The van der Waals surface area contributed by atoms with Crippen molar-refractivity contribution in [2.45, 2.75) is 85.5 Å². The van der Waals surface area contributed by atoms with Crippen molar-refractivity contribution < 1.29 is 27.5 Å². The Balaban J connectivity index is 0.000000926. The normalized spacial score (nSPS) is 13.6. The van der Waals surface area contributed by atoms with Gasteiger partial charge in [0.15, 0.2) is 0 Å². The van der Waals surface area contributed by atoms with Gasteiger partial charge in [0.05, 0.1) is 5.57 Å². The summed E-state index contributed by atoms with van der Waals surface area (Å²) in [6.45, 7) is 8.84. The molecule has 1 aliphatic rings. The van der Waals surface area contributed by atoms with Gasteiger partial charge in [-0.3, -0.25) is 0 Å². The quantitative estimate of drug-likeness (QED) is 0.131. The van der Waals surface area contributed by atoms with Crippen LogP contribution in [-0.2, 0) is 35.7 Å². The van der Waals surface area contributed by atoms with E-state index < -0.39 is 0 Å². The Morgan fingerprint density at radius 3 is 1.87 bits per heavy atom. The van der Waals surface area contributed by atoms with Crippen molar-refractivity contribution in [3.63, 3.8) is 0 Å². The van der Waals surface area contributed by atoms with Crippen molar-refractivity contribution in [1.82, 2.24) is 0 Å². The summed E-state index contributed by atoms with van der Waals surface area (Å²) in [5, 5.41) is 0. The van der Waals surface area contributed by atoms with Gasteiger partial charge >= 0.3 is 37.1 Å². The van der Waals surface area contributed by atoms with Gasteiger partial charge in [0, 0.05) is 16.7 Å². The van der Waals surface area contributed by atoms with E-state index in [1.54, 1.807) is 14.2 Å². The molecule has 0 saturated carbocycles. The van der Waals surface area contributed by atoms with Crippen LogP contribution in [0.4, 0.5) is 0 Å². The van der Waals surface area contributed by atoms with Crippen LogP contribution >= 0.6 is 0 Å². The van der Waals surface area contributed by atoms with E-state index >= 15 is 0 Å². The Kier molecular flexibility index (Phi) is 15.1. The minimum atomic E-state index is 0.819. The van der Waals surface area contributed by atoms with Crippen molar-refractivity contribution >= 4 is 11.4 Å². The molecule has 0 radical (unpaired) electrons. The standard InChI is InChI=1S/C31H40N2.2CH3O.Ni/c1-5-9-11-12-13-21-29-28(20-10-6-2)30(26-18-14-16-24(7-3)22-26)33(32)31(29)27-19-15-17-25(8-4)23-27;2*1-2;/h13-19,21-23H,5-12,20H2,1-4H3;2*1H3;/q;2*-1;+2. The number of allylic oxidation sites excluding steroid dienone is 4. The molecule has 0 spiro atoms. The minimum absolute atomic E-state index is 0.819. The second kappa shape index (κ2) is 18.0. The fourth-order valence-corrected chi connectivity index (χ4v) is 4.79. The average Bonchev–Trinajstić information content (AvgIpc) is 3.23. The van der Waals surface area contributed by atoms with E-state index in [9.17, 15) is 5.53 Å². The summed E-state index contributed by atoms with van der Waals surface area (Å²) < 4.78 is 10.3. The molecule has 38 heavy (non-hydrogen) atoms. The van der Waals surface area contributed by atoms with Crippen LogP contribution in [0.15, 0.2) is 71.8 Å². The molecule has 0 amide bonds. The topological polar surface area (TPSA) is 43.8 Å². The summed E-state index contributed by atoms with van der Waals surface area (Å²) in [4.78, 5) is 0. The van der Waals surface area contributed by atoms with E-state index in [4.69, 9.17) is 0 Å². The Labute approximate surface area is 237 Å². The van der Waals surface area contributed by atoms with Crippen molar-refractivity contribution in [3.05, 3.63) is 99.6 Å². The van der Waals surface area contributed by atoms with Gasteiger partial charge in [-0.1, -0.05) is 83.4 Å². The zero-order valence-electron chi connectivity index (χ0n) is 24.2. The van der Waals surface area contributed by atoms with Gasteiger partial charge in [-0.2, -0.15) is 0 Å². The number of nitrogens with zero attached hydrogens (tertiary/aromatic N) is 2. The van der Waals surface area contributed by atoms with E-state index in [0.29, 0.717) is 0 Å². The molecular weight excluding hydrogens is 515 g/mol.